The summed E-state index contributed by atoms with van der Waals surface area (Å²) in [6.45, 7) is 2.03. The SMILES string of the molecule is CN(C)S(=O)(=O)c1ccc(CNC2CCCOC2)o1. The van der Waals surface area contributed by atoms with Gasteiger partial charge in [0.05, 0.1) is 13.2 Å². The molecule has 1 N–H and O–H groups in total. The van der Waals surface area contributed by atoms with Crippen LogP contribution in [-0.4, -0.2) is 46.1 Å². The normalized spacial score (nSPS) is 20.9. The second kappa shape index (κ2) is 6.04. The molecule has 7 heteroatoms. The van der Waals surface area contributed by atoms with Crippen LogP contribution in [0, 0.1) is 0 Å². The standard InChI is InChI=1S/C12H20N2O4S/c1-14(2)19(15,16)12-6-5-11(18-12)8-13-10-4-3-7-17-9-10/h5-6,10,13H,3-4,7-9H2,1-2H3. The molecule has 0 amide bonds. The van der Waals surface area contributed by atoms with E-state index in [0.29, 0.717) is 25.0 Å². The Hall–Kier alpha value is -0.890. The number of furan rings is 1. The van der Waals surface area contributed by atoms with E-state index >= 15 is 0 Å². The lowest BCUT2D eigenvalue weighted by Crippen LogP contribution is -2.36. The van der Waals surface area contributed by atoms with Crippen LogP contribution in [0.3, 0.4) is 0 Å². The Morgan fingerprint density at radius 1 is 1.42 bits per heavy atom. The van der Waals surface area contributed by atoms with Gasteiger partial charge in [-0.2, -0.15) is 0 Å². The Morgan fingerprint density at radius 2 is 2.21 bits per heavy atom. The molecule has 0 aromatic carbocycles. The first-order valence-corrected chi connectivity index (χ1v) is 7.76. The predicted molar refractivity (Wildman–Crippen MR) is 70.3 cm³/mol. The van der Waals surface area contributed by atoms with Crippen molar-refractivity contribution in [3.05, 3.63) is 17.9 Å². The van der Waals surface area contributed by atoms with Crippen LogP contribution in [0.1, 0.15) is 18.6 Å². The monoisotopic (exact) mass is 288 g/mol. The molecule has 1 aliphatic heterocycles. The maximum Gasteiger partial charge on any atom is 0.275 e. The Bertz CT molecular complexity index is 504. The van der Waals surface area contributed by atoms with Gasteiger partial charge >= 0.3 is 0 Å². The fourth-order valence-corrected chi connectivity index (χ4v) is 2.73. The summed E-state index contributed by atoms with van der Waals surface area (Å²) >= 11 is 0. The molecule has 0 spiro atoms. The summed E-state index contributed by atoms with van der Waals surface area (Å²) in [7, 11) is -0.522. The van der Waals surface area contributed by atoms with E-state index in [1.807, 2.05) is 0 Å². The molecule has 0 aliphatic carbocycles. The van der Waals surface area contributed by atoms with Crippen LogP contribution in [0.15, 0.2) is 21.6 Å². The summed E-state index contributed by atoms with van der Waals surface area (Å²) in [5.74, 6) is 0.617. The zero-order valence-corrected chi connectivity index (χ0v) is 12.1. The molecule has 1 fully saturated rings. The molecule has 1 aromatic heterocycles. The van der Waals surface area contributed by atoms with Crippen molar-refractivity contribution >= 4 is 10.0 Å². The molecule has 0 radical (unpaired) electrons. The molecule has 19 heavy (non-hydrogen) atoms. The van der Waals surface area contributed by atoms with Gasteiger partial charge in [0.25, 0.3) is 10.0 Å². The van der Waals surface area contributed by atoms with Crippen LogP contribution in [0.4, 0.5) is 0 Å². The molecule has 1 unspecified atom stereocenters. The fraction of sp³-hybridized carbons (Fsp3) is 0.667. The predicted octanol–water partition coefficient (Wildman–Crippen LogP) is 0.799. The van der Waals surface area contributed by atoms with E-state index in [9.17, 15) is 8.42 Å². The maximum absolute atomic E-state index is 11.8. The van der Waals surface area contributed by atoms with Gasteiger partial charge in [-0.25, -0.2) is 12.7 Å². The quantitative estimate of drug-likeness (QED) is 0.867. The molecular weight excluding hydrogens is 268 g/mol. The molecule has 6 nitrogen and oxygen atoms in total. The first-order chi connectivity index (χ1) is 9.00. The van der Waals surface area contributed by atoms with E-state index < -0.39 is 10.0 Å². The summed E-state index contributed by atoms with van der Waals surface area (Å²) in [5.41, 5.74) is 0. The van der Waals surface area contributed by atoms with Crippen LogP contribution in [0.25, 0.3) is 0 Å². The second-order valence-corrected chi connectivity index (χ2v) is 6.89. The van der Waals surface area contributed by atoms with Crippen molar-refractivity contribution in [1.82, 2.24) is 9.62 Å². The zero-order valence-electron chi connectivity index (χ0n) is 11.3. The molecule has 2 heterocycles. The van der Waals surface area contributed by atoms with E-state index in [-0.39, 0.29) is 5.09 Å². The van der Waals surface area contributed by atoms with E-state index in [0.717, 1.165) is 23.8 Å². The highest BCUT2D eigenvalue weighted by atomic mass is 32.2. The highest BCUT2D eigenvalue weighted by molar-refractivity contribution is 7.88. The lowest BCUT2D eigenvalue weighted by Gasteiger charge is -2.22. The smallest absolute Gasteiger partial charge is 0.275 e. The van der Waals surface area contributed by atoms with E-state index in [2.05, 4.69) is 5.32 Å². The molecule has 1 atom stereocenters. The summed E-state index contributed by atoms with van der Waals surface area (Å²) in [6.07, 6.45) is 2.12. The molecule has 1 aromatic rings. The van der Waals surface area contributed by atoms with Gasteiger partial charge in [0.1, 0.15) is 5.76 Å². The third kappa shape index (κ3) is 3.56. The van der Waals surface area contributed by atoms with Gasteiger partial charge in [-0.3, -0.25) is 0 Å². The largest absolute Gasteiger partial charge is 0.447 e. The van der Waals surface area contributed by atoms with Gasteiger partial charge < -0.3 is 14.5 Å². The highest BCUT2D eigenvalue weighted by Crippen LogP contribution is 2.17. The number of hydrogen-bond acceptors (Lipinski definition) is 5. The Morgan fingerprint density at radius 3 is 2.84 bits per heavy atom. The molecule has 0 saturated carbocycles. The number of rotatable bonds is 5. The molecule has 1 saturated heterocycles. The van der Waals surface area contributed by atoms with E-state index in [4.69, 9.17) is 9.15 Å². The van der Waals surface area contributed by atoms with E-state index in [1.165, 1.54) is 20.2 Å². The second-order valence-electron chi connectivity index (χ2n) is 4.80. The van der Waals surface area contributed by atoms with Crippen molar-refractivity contribution in [3.63, 3.8) is 0 Å². The Kier molecular flexibility index (Phi) is 4.62. The lowest BCUT2D eigenvalue weighted by molar-refractivity contribution is 0.0692. The molecule has 1 aliphatic rings. The van der Waals surface area contributed by atoms with Crippen LogP contribution in [0.2, 0.25) is 0 Å². The molecule has 0 bridgehead atoms. The number of nitrogens with zero attached hydrogens (tertiary/aromatic N) is 1. The highest BCUT2D eigenvalue weighted by Gasteiger charge is 2.21. The van der Waals surface area contributed by atoms with Crippen molar-refractivity contribution in [1.29, 1.82) is 0 Å². The Labute approximate surface area is 113 Å². The van der Waals surface area contributed by atoms with Gasteiger partial charge in [-0.05, 0) is 25.0 Å². The Balaban J connectivity index is 1.94. The van der Waals surface area contributed by atoms with Crippen molar-refractivity contribution in [2.45, 2.75) is 30.5 Å². The zero-order chi connectivity index (χ0) is 13.9. The van der Waals surface area contributed by atoms with Crippen molar-refractivity contribution in [2.75, 3.05) is 27.3 Å². The number of ether oxygens (including phenoxy) is 1. The third-order valence-electron chi connectivity index (χ3n) is 3.10. The van der Waals surface area contributed by atoms with Crippen LogP contribution in [0.5, 0.6) is 0 Å². The molecule has 108 valence electrons. The van der Waals surface area contributed by atoms with Crippen molar-refractivity contribution in [3.8, 4) is 0 Å². The minimum absolute atomic E-state index is 0.0193. The van der Waals surface area contributed by atoms with Crippen LogP contribution in [-0.2, 0) is 21.3 Å². The minimum atomic E-state index is -3.49. The van der Waals surface area contributed by atoms with Crippen molar-refractivity contribution in [2.24, 2.45) is 0 Å². The maximum atomic E-state index is 11.8. The fourth-order valence-electron chi connectivity index (χ4n) is 1.92. The summed E-state index contributed by atoms with van der Waals surface area (Å²) in [6, 6.07) is 3.49. The van der Waals surface area contributed by atoms with Gasteiger partial charge in [0.15, 0.2) is 0 Å². The topological polar surface area (TPSA) is 71.8 Å². The summed E-state index contributed by atoms with van der Waals surface area (Å²) in [4.78, 5) is 0. The lowest BCUT2D eigenvalue weighted by atomic mass is 10.1. The first-order valence-electron chi connectivity index (χ1n) is 6.32. The van der Waals surface area contributed by atoms with Crippen LogP contribution >= 0.6 is 0 Å². The molecular formula is C12H20N2O4S. The average Bonchev–Trinajstić information content (AvgIpc) is 2.87. The van der Waals surface area contributed by atoms with Gasteiger partial charge in [-0.1, -0.05) is 0 Å². The minimum Gasteiger partial charge on any atom is -0.447 e. The summed E-state index contributed by atoms with van der Waals surface area (Å²) in [5, 5.41) is 3.29. The third-order valence-corrected chi connectivity index (χ3v) is 4.79. The van der Waals surface area contributed by atoms with Crippen LogP contribution < -0.4 is 5.32 Å². The number of nitrogens with one attached hydrogen (secondary N) is 1. The van der Waals surface area contributed by atoms with Gasteiger partial charge in [0.2, 0.25) is 5.09 Å². The van der Waals surface area contributed by atoms with Gasteiger partial charge in [0, 0.05) is 26.7 Å². The number of sulfonamides is 1. The van der Waals surface area contributed by atoms with Gasteiger partial charge in [-0.15, -0.1) is 0 Å². The average molecular weight is 288 g/mol. The van der Waals surface area contributed by atoms with Crippen molar-refractivity contribution < 1.29 is 17.6 Å². The van der Waals surface area contributed by atoms with E-state index in [1.54, 1.807) is 6.07 Å². The first kappa shape index (κ1) is 14.5. The molecule has 2 rings (SSSR count). The summed E-state index contributed by atoms with van der Waals surface area (Å²) < 4.78 is 35.6. The number of hydrogen-bond donors (Lipinski definition) is 1.